The third kappa shape index (κ3) is 3.92. The van der Waals surface area contributed by atoms with Crippen molar-refractivity contribution in [2.24, 2.45) is 0 Å². The Morgan fingerprint density at radius 2 is 1.43 bits per heavy atom. The van der Waals surface area contributed by atoms with E-state index in [2.05, 4.69) is 19.2 Å². The molecule has 0 saturated carbocycles. The summed E-state index contributed by atoms with van der Waals surface area (Å²) in [4.78, 5) is 12.2. The third-order valence-corrected chi connectivity index (χ3v) is 3.49. The maximum atomic E-state index is 12.2. The molecule has 2 aromatic carbocycles. The molecule has 2 rings (SSSR count). The Hall–Kier alpha value is -2.13. The van der Waals surface area contributed by atoms with Crippen LogP contribution in [0.25, 0.3) is 0 Å². The van der Waals surface area contributed by atoms with Gasteiger partial charge in [-0.15, -0.1) is 0 Å². The zero-order valence-electron chi connectivity index (χ0n) is 12.6. The molecule has 0 saturated heterocycles. The molecule has 110 valence electrons. The number of rotatable bonds is 4. The Balaban J connectivity index is 2.06. The Labute approximate surface area is 125 Å². The van der Waals surface area contributed by atoms with Crippen LogP contribution in [-0.4, -0.2) is 11.0 Å². The van der Waals surface area contributed by atoms with Crippen LogP contribution in [0, 0.1) is 0 Å². The van der Waals surface area contributed by atoms with Crippen molar-refractivity contribution in [3.8, 4) is 0 Å². The van der Waals surface area contributed by atoms with Crippen LogP contribution >= 0.6 is 0 Å². The molecular formula is C18H21NO2. The van der Waals surface area contributed by atoms with Gasteiger partial charge in [-0.3, -0.25) is 4.79 Å². The number of benzene rings is 2. The van der Waals surface area contributed by atoms with E-state index in [-0.39, 0.29) is 5.91 Å². The number of carbonyl (C=O) groups is 1. The number of hydrogen-bond acceptors (Lipinski definition) is 2. The number of nitrogens with one attached hydrogen (secondary N) is 1. The molecule has 0 bridgehead atoms. The SMILES string of the molecule is CC(C)c1ccc(C(=O)Nc2ccc(C(C)O)cc2)cc1. The van der Waals surface area contributed by atoms with Gasteiger partial charge >= 0.3 is 0 Å². The number of aliphatic hydroxyl groups excluding tert-OH is 1. The van der Waals surface area contributed by atoms with Gasteiger partial charge in [0, 0.05) is 11.3 Å². The van der Waals surface area contributed by atoms with Gasteiger partial charge in [0.25, 0.3) is 5.91 Å². The molecule has 0 radical (unpaired) electrons. The topological polar surface area (TPSA) is 49.3 Å². The minimum atomic E-state index is -0.502. The Kier molecular flexibility index (Phi) is 4.76. The molecule has 2 N–H and O–H groups in total. The number of aliphatic hydroxyl groups is 1. The molecule has 21 heavy (non-hydrogen) atoms. The third-order valence-electron chi connectivity index (χ3n) is 3.49. The average Bonchev–Trinajstić information content (AvgIpc) is 2.47. The van der Waals surface area contributed by atoms with Crippen LogP contribution in [0.4, 0.5) is 5.69 Å². The van der Waals surface area contributed by atoms with Crippen molar-refractivity contribution < 1.29 is 9.90 Å². The molecule has 0 heterocycles. The van der Waals surface area contributed by atoms with Gasteiger partial charge in [-0.25, -0.2) is 0 Å². The normalized spacial score (nSPS) is 12.2. The standard InChI is InChI=1S/C18H21NO2/c1-12(2)14-4-6-16(7-5-14)18(21)19-17-10-8-15(9-11-17)13(3)20/h4-13,20H,1-3H3,(H,19,21). The van der Waals surface area contributed by atoms with Gasteiger partial charge in [0.05, 0.1) is 6.10 Å². The maximum Gasteiger partial charge on any atom is 0.255 e. The van der Waals surface area contributed by atoms with E-state index in [9.17, 15) is 9.90 Å². The van der Waals surface area contributed by atoms with Crippen molar-refractivity contribution in [3.63, 3.8) is 0 Å². The molecule has 3 nitrogen and oxygen atoms in total. The van der Waals surface area contributed by atoms with Crippen LogP contribution in [0.3, 0.4) is 0 Å². The van der Waals surface area contributed by atoms with E-state index in [4.69, 9.17) is 0 Å². The monoisotopic (exact) mass is 283 g/mol. The highest BCUT2D eigenvalue weighted by atomic mass is 16.3. The minimum Gasteiger partial charge on any atom is -0.389 e. The van der Waals surface area contributed by atoms with E-state index in [0.717, 1.165) is 11.3 Å². The second kappa shape index (κ2) is 6.55. The van der Waals surface area contributed by atoms with Gasteiger partial charge in [0.2, 0.25) is 0 Å². The molecule has 3 heteroatoms. The van der Waals surface area contributed by atoms with Crippen molar-refractivity contribution in [1.82, 2.24) is 0 Å². The first-order valence-corrected chi connectivity index (χ1v) is 7.16. The quantitative estimate of drug-likeness (QED) is 0.887. The number of anilines is 1. The maximum absolute atomic E-state index is 12.2. The number of amides is 1. The van der Waals surface area contributed by atoms with Crippen molar-refractivity contribution in [2.45, 2.75) is 32.8 Å². The first kappa shape index (κ1) is 15.3. The Bertz CT molecular complexity index is 598. The molecule has 1 amide bonds. The molecule has 1 unspecified atom stereocenters. The largest absolute Gasteiger partial charge is 0.389 e. The first-order chi connectivity index (χ1) is 9.97. The lowest BCUT2D eigenvalue weighted by molar-refractivity contribution is 0.102. The lowest BCUT2D eigenvalue weighted by Crippen LogP contribution is -2.12. The molecule has 1 atom stereocenters. The zero-order valence-corrected chi connectivity index (χ0v) is 12.6. The van der Waals surface area contributed by atoms with Gasteiger partial charge in [-0.05, 0) is 48.2 Å². The summed E-state index contributed by atoms with van der Waals surface area (Å²) < 4.78 is 0. The van der Waals surface area contributed by atoms with Crippen LogP contribution in [-0.2, 0) is 0 Å². The molecule has 0 aliphatic heterocycles. The summed E-state index contributed by atoms with van der Waals surface area (Å²) in [6.07, 6.45) is -0.502. The number of carbonyl (C=O) groups excluding carboxylic acids is 1. The fraction of sp³-hybridized carbons (Fsp3) is 0.278. The highest BCUT2D eigenvalue weighted by molar-refractivity contribution is 6.04. The minimum absolute atomic E-state index is 0.130. The lowest BCUT2D eigenvalue weighted by Gasteiger charge is -2.09. The van der Waals surface area contributed by atoms with Crippen molar-refractivity contribution in [2.75, 3.05) is 5.32 Å². The summed E-state index contributed by atoms with van der Waals surface area (Å²) >= 11 is 0. The lowest BCUT2D eigenvalue weighted by atomic mass is 10.0. The molecule has 0 fully saturated rings. The summed E-state index contributed by atoms with van der Waals surface area (Å²) in [5.41, 5.74) is 3.40. The fourth-order valence-electron chi connectivity index (χ4n) is 2.07. The van der Waals surface area contributed by atoms with Gasteiger partial charge in [-0.2, -0.15) is 0 Å². The zero-order chi connectivity index (χ0) is 15.4. The smallest absolute Gasteiger partial charge is 0.255 e. The second-order valence-corrected chi connectivity index (χ2v) is 5.53. The van der Waals surface area contributed by atoms with Crippen molar-refractivity contribution in [3.05, 3.63) is 65.2 Å². The van der Waals surface area contributed by atoms with E-state index < -0.39 is 6.10 Å². The molecule has 2 aromatic rings. The predicted molar refractivity (Wildman–Crippen MR) is 85.6 cm³/mol. The van der Waals surface area contributed by atoms with Gasteiger partial charge < -0.3 is 10.4 Å². The highest BCUT2D eigenvalue weighted by Crippen LogP contribution is 2.18. The van der Waals surface area contributed by atoms with Gasteiger partial charge in [0.1, 0.15) is 0 Å². The van der Waals surface area contributed by atoms with E-state index in [1.54, 1.807) is 19.1 Å². The predicted octanol–water partition coefficient (Wildman–Crippen LogP) is 4.12. The Morgan fingerprint density at radius 1 is 0.905 bits per heavy atom. The molecular weight excluding hydrogens is 262 g/mol. The fourth-order valence-corrected chi connectivity index (χ4v) is 2.07. The van der Waals surface area contributed by atoms with Crippen LogP contribution in [0.15, 0.2) is 48.5 Å². The van der Waals surface area contributed by atoms with Crippen molar-refractivity contribution in [1.29, 1.82) is 0 Å². The highest BCUT2D eigenvalue weighted by Gasteiger charge is 2.07. The molecule has 0 aromatic heterocycles. The molecule has 0 aliphatic carbocycles. The van der Waals surface area contributed by atoms with Crippen LogP contribution in [0.5, 0.6) is 0 Å². The van der Waals surface area contributed by atoms with E-state index >= 15 is 0 Å². The molecule has 0 spiro atoms. The average molecular weight is 283 g/mol. The van der Waals surface area contributed by atoms with E-state index in [1.165, 1.54) is 5.56 Å². The van der Waals surface area contributed by atoms with Gasteiger partial charge in [0.15, 0.2) is 0 Å². The van der Waals surface area contributed by atoms with Crippen LogP contribution < -0.4 is 5.32 Å². The second-order valence-electron chi connectivity index (χ2n) is 5.53. The summed E-state index contributed by atoms with van der Waals surface area (Å²) in [6, 6.07) is 14.9. The van der Waals surface area contributed by atoms with E-state index in [1.807, 2.05) is 36.4 Å². The summed E-state index contributed by atoms with van der Waals surface area (Å²) in [6.45, 7) is 5.96. The molecule has 0 aliphatic rings. The summed E-state index contributed by atoms with van der Waals surface area (Å²) in [5, 5.41) is 12.3. The van der Waals surface area contributed by atoms with Crippen LogP contribution in [0.2, 0.25) is 0 Å². The number of hydrogen-bond donors (Lipinski definition) is 2. The first-order valence-electron chi connectivity index (χ1n) is 7.16. The Morgan fingerprint density at radius 3 is 1.90 bits per heavy atom. The van der Waals surface area contributed by atoms with Gasteiger partial charge in [-0.1, -0.05) is 38.1 Å². The summed E-state index contributed by atoms with van der Waals surface area (Å²) in [7, 11) is 0. The summed E-state index contributed by atoms with van der Waals surface area (Å²) in [5.74, 6) is 0.324. The van der Waals surface area contributed by atoms with Crippen molar-refractivity contribution >= 4 is 11.6 Å². The van der Waals surface area contributed by atoms with Crippen LogP contribution in [0.1, 0.15) is 54.3 Å². The van der Waals surface area contributed by atoms with E-state index in [0.29, 0.717) is 11.5 Å².